The smallest absolute Gasteiger partial charge is 0.257 e. The van der Waals surface area contributed by atoms with E-state index in [0.717, 1.165) is 42.8 Å². The Balaban J connectivity index is 1.53. The first kappa shape index (κ1) is 18.8. The number of rotatable bonds is 6. The zero-order valence-electron chi connectivity index (χ0n) is 15.3. The van der Waals surface area contributed by atoms with Crippen molar-refractivity contribution in [3.8, 4) is 0 Å². The molecule has 4 rings (SSSR count). The maximum absolute atomic E-state index is 13.2. The van der Waals surface area contributed by atoms with E-state index in [-0.39, 0.29) is 18.6 Å². The van der Waals surface area contributed by atoms with Gasteiger partial charge in [0, 0.05) is 23.9 Å². The fourth-order valence-electron chi connectivity index (χ4n) is 4.02. The van der Waals surface area contributed by atoms with Crippen molar-refractivity contribution in [2.45, 2.75) is 44.2 Å². The van der Waals surface area contributed by atoms with E-state index in [9.17, 15) is 9.90 Å². The number of likely N-dealkylation sites (tertiary alicyclic amines) is 1. The van der Waals surface area contributed by atoms with Gasteiger partial charge >= 0.3 is 0 Å². The molecule has 4 heterocycles. The van der Waals surface area contributed by atoms with Crippen LogP contribution in [0.15, 0.2) is 40.1 Å². The minimum Gasteiger partial charge on any atom is -0.396 e. The Morgan fingerprint density at radius 2 is 2.07 bits per heavy atom. The topological polar surface area (TPSA) is 56.1 Å². The number of aliphatic hydroxyl groups is 1. The fourth-order valence-corrected chi connectivity index (χ4v) is 5.56. The summed E-state index contributed by atoms with van der Waals surface area (Å²) in [6.45, 7) is 1.49. The lowest BCUT2D eigenvalue weighted by atomic mass is 9.99. The summed E-state index contributed by atoms with van der Waals surface area (Å²) >= 11 is 3.36. The number of hydrogen-bond donors (Lipinski definition) is 1. The van der Waals surface area contributed by atoms with Gasteiger partial charge in [-0.1, -0.05) is 18.6 Å². The molecular weight excluding hydrogens is 378 g/mol. The largest absolute Gasteiger partial charge is 0.396 e. The Morgan fingerprint density at radius 3 is 2.81 bits per heavy atom. The van der Waals surface area contributed by atoms with Gasteiger partial charge < -0.3 is 5.11 Å². The van der Waals surface area contributed by atoms with Crippen molar-refractivity contribution in [3.05, 3.63) is 44.8 Å². The minimum atomic E-state index is -0.00400. The molecule has 0 saturated carbocycles. The van der Waals surface area contributed by atoms with E-state index in [2.05, 4.69) is 27.8 Å². The van der Waals surface area contributed by atoms with Gasteiger partial charge in [-0.2, -0.15) is 5.10 Å². The third-order valence-electron chi connectivity index (χ3n) is 5.39. The van der Waals surface area contributed by atoms with Crippen molar-refractivity contribution >= 4 is 34.3 Å². The summed E-state index contributed by atoms with van der Waals surface area (Å²) < 4.78 is 0. The molecule has 1 amide bonds. The van der Waals surface area contributed by atoms with Gasteiger partial charge in [0.2, 0.25) is 0 Å². The predicted octanol–water partition coefficient (Wildman–Crippen LogP) is 3.72. The van der Waals surface area contributed by atoms with Gasteiger partial charge in [0.05, 0.1) is 23.2 Å². The number of aliphatic hydroxyl groups excluding tert-OH is 1. The van der Waals surface area contributed by atoms with Crippen LogP contribution in [0.1, 0.15) is 47.9 Å². The first-order valence-electron chi connectivity index (χ1n) is 9.58. The molecule has 2 atom stereocenters. The molecule has 2 aliphatic rings. The lowest BCUT2D eigenvalue weighted by molar-refractivity contribution is -0.135. The SMILES string of the molecule is O=C(CN1CCCCC1CCO)N1N=C(c2cccs2)CC1c1cccs1. The molecule has 27 heavy (non-hydrogen) atoms. The summed E-state index contributed by atoms with van der Waals surface area (Å²) in [5, 5.41) is 19.9. The van der Waals surface area contributed by atoms with Crippen molar-refractivity contribution in [1.82, 2.24) is 9.91 Å². The van der Waals surface area contributed by atoms with E-state index in [1.165, 1.54) is 11.3 Å². The number of piperidine rings is 1. The van der Waals surface area contributed by atoms with Crippen LogP contribution in [0.2, 0.25) is 0 Å². The Labute approximate surface area is 167 Å². The zero-order valence-corrected chi connectivity index (χ0v) is 16.9. The highest BCUT2D eigenvalue weighted by atomic mass is 32.1. The molecule has 0 radical (unpaired) electrons. The fraction of sp³-hybridized carbons (Fsp3) is 0.500. The number of thiophene rings is 2. The minimum absolute atomic E-state index is 0.00400. The number of carbonyl (C=O) groups is 1. The Kier molecular flexibility index (Phi) is 6.02. The molecule has 144 valence electrons. The van der Waals surface area contributed by atoms with Crippen molar-refractivity contribution < 1.29 is 9.90 Å². The molecule has 2 aliphatic heterocycles. The normalized spacial score (nSPS) is 23.6. The van der Waals surface area contributed by atoms with Crippen LogP contribution in [-0.4, -0.2) is 52.4 Å². The molecule has 0 spiro atoms. The lowest BCUT2D eigenvalue weighted by Gasteiger charge is -2.36. The summed E-state index contributed by atoms with van der Waals surface area (Å²) in [6, 6.07) is 8.53. The Bertz CT molecular complexity index is 771. The number of carbonyl (C=O) groups excluding carboxylic acids is 1. The van der Waals surface area contributed by atoms with Crippen LogP contribution in [0.25, 0.3) is 0 Å². The van der Waals surface area contributed by atoms with Gasteiger partial charge in [-0.3, -0.25) is 9.69 Å². The number of nitrogens with zero attached hydrogens (tertiary/aromatic N) is 3. The summed E-state index contributed by atoms with van der Waals surface area (Å²) in [4.78, 5) is 17.8. The van der Waals surface area contributed by atoms with E-state index >= 15 is 0 Å². The van der Waals surface area contributed by atoms with Crippen molar-refractivity contribution in [3.63, 3.8) is 0 Å². The molecule has 2 aromatic rings. The maximum atomic E-state index is 13.2. The van der Waals surface area contributed by atoms with E-state index in [1.54, 1.807) is 27.7 Å². The van der Waals surface area contributed by atoms with Gasteiger partial charge in [0.1, 0.15) is 0 Å². The first-order valence-corrected chi connectivity index (χ1v) is 11.3. The second-order valence-corrected chi connectivity index (χ2v) is 9.06. The summed E-state index contributed by atoms with van der Waals surface area (Å²) in [5.41, 5.74) is 1.00. The third kappa shape index (κ3) is 4.16. The zero-order chi connectivity index (χ0) is 18.6. The van der Waals surface area contributed by atoms with Crippen LogP contribution < -0.4 is 0 Å². The molecule has 7 heteroatoms. The van der Waals surface area contributed by atoms with Gasteiger partial charge in [-0.05, 0) is 48.7 Å². The van der Waals surface area contributed by atoms with Gasteiger partial charge in [-0.15, -0.1) is 22.7 Å². The highest BCUT2D eigenvalue weighted by Crippen LogP contribution is 2.36. The second-order valence-electron chi connectivity index (χ2n) is 7.13. The molecule has 5 nitrogen and oxygen atoms in total. The Morgan fingerprint density at radius 1 is 1.22 bits per heavy atom. The van der Waals surface area contributed by atoms with Gasteiger partial charge in [0.25, 0.3) is 5.91 Å². The molecule has 0 bridgehead atoms. The summed E-state index contributed by atoms with van der Waals surface area (Å²) in [5.74, 6) is 0.0600. The molecule has 2 aromatic heterocycles. The number of amides is 1. The third-order valence-corrected chi connectivity index (χ3v) is 7.29. The summed E-state index contributed by atoms with van der Waals surface area (Å²) in [6.07, 6.45) is 4.87. The van der Waals surface area contributed by atoms with E-state index in [1.807, 2.05) is 12.1 Å². The molecule has 1 N–H and O–H groups in total. The highest BCUT2D eigenvalue weighted by Gasteiger charge is 2.35. The summed E-state index contributed by atoms with van der Waals surface area (Å²) in [7, 11) is 0. The van der Waals surface area contributed by atoms with Crippen molar-refractivity contribution in [2.24, 2.45) is 5.10 Å². The average Bonchev–Trinajstić information content (AvgIpc) is 3.43. The van der Waals surface area contributed by atoms with Crippen LogP contribution >= 0.6 is 22.7 Å². The first-order chi connectivity index (χ1) is 13.3. The van der Waals surface area contributed by atoms with Crippen LogP contribution in [0, 0.1) is 0 Å². The van der Waals surface area contributed by atoms with E-state index in [0.29, 0.717) is 12.6 Å². The molecule has 1 saturated heterocycles. The quantitative estimate of drug-likeness (QED) is 0.800. The molecule has 0 aromatic carbocycles. The molecule has 2 unspecified atom stereocenters. The Hall–Kier alpha value is -1.54. The van der Waals surface area contributed by atoms with Gasteiger partial charge in [-0.25, -0.2) is 5.01 Å². The number of hydrogen-bond acceptors (Lipinski definition) is 6. The van der Waals surface area contributed by atoms with Crippen LogP contribution in [0.4, 0.5) is 0 Å². The molecule has 1 fully saturated rings. The van der Waals surface area contributed by atoms with E-state index < -0.39 is 0 Å². The standard InChI is InChI=1S/C20H25N3O2S2/c24-10-8-15-5-1-2-9-22(15)14-20(25)23-17(19-7-4-12-27-19)13-16(21-23)18-6-3-11-26-18/h3-4,6-7,11-12,15,17,24H,1-2,5,8-10,13-14H2. The highest BCUT2D eigenvalue weighted by molar-refractivity contribution is 7.12. The monoisotopic (exact) mass is 403 g/mol. The van der Waals surface area contributed by atoms with Crippen LogP contribution in [0.3, 0.4) is 0 Å². The maximum Gasteiger partial charge on any atom is 0.257 e. The average molecular weight is 404 g/mol. The second kappa shape index (κ2) is 8.65. The van der Waals surface area contributed by atoms with E-state index in [4.69, 9.17) is 5.10 Å². The van der Waals surface area contributed by atoms with Crippen molar-refractivity contribution in [1.29, 1.82) is 0 Å². The predicted molar refractivity (Wildman–Crippen MR) is 110 cm³/mol. The van der Waals surface area contributed by atoms with Crippen LogP contribution in [-0.2, 0) is 4.79 Å². The van der Waals surface area contributed by atoms with Crippen LogP contribution in [0.5, 0.6) is 0 Å². The number of hydrazone groups is 1. The van der Waals surface area contributed by atoms with Gasteiger partial charge in [0.15, 0.2) is 0 Å². The lowest BCUT2D eigenvalue weighted by Crippen LogP contribution is -2.46. The molecule has 0 aliphatic carbocycles. The van der Waals surface area contributed by atoms with Crippen molar-refractivity contribution in [2.75, 3.05) is 19.7 Å². The molecular formula is C20H25N3O2S2.